The van der Waals surface area contributed by atoms with Gasteiger partial charge in [-0.3, -0.25) is 0 Å². The van der Waals surface area contributed by atoms with Crippen LogP contribution in [0.15, 0.2) is 0 Å². The minimum absolute atomic E-state index is 0.604. The lowest BCUT2D eigenvalue weighted by molar-refractivity contribution is 0.152. The molecule has 0 heterocycles. The Hall–Kier alpha value is -0.130. The van der Waals surface area contributed by atoms with E-state index in [0.717, 1.165) is 5.92 Å². The third-order valence-electron chi connectivity index (χ3n) is 4.34. The Morgan fingerprint density at radius 3 is 2.10 bits per heavy atom. The van der Waals surface area contributed by atoms with E-state index in [1.165, 1.54) is 19.3 Å². The van der Waals surface area contributed by atoms with Gasteiger partial charge in [0.25, 0.3) is 0 Å². The quantitative estimate of drug-likeness (QED) is 0.450. The van der Waals surface area contributed by atoms with Crippen molar-refractivity contribution in [3.8, 4) is 0 Å². The standard InChI is InChI=1S/C10H17/c1-9(2)8-4-6-10(9,3)7-5-8/h4,8H,5-7H2,1-3H3/q+1. The van der Waals surface area contributed by atoms with Crippen LogP contribution in [0.5, 0.6) is 0 Å². The van der Waals surface area contributed by atoms with Crippen LogP contribution >= 0.6 is 0 Å². The molecule has 0 N–H and O–H groups in total. The molecule has 0 saturated heterocycles. The van der Waals surface area contributed by atoms with E-state index in [0.29, 0.717) is 10.8 Å². The number of rotatable bonds is 0. The zero-order valence-corrected chi connectivity index (χ0v) is 7.28. The van der Waals surface area contributed by atoms with Crippen molar-refractivity contribution in [2.75, 3.05) is 0 Å². The Labute approximate surface area is 64.0 Å². The van der Waals surface area contributed by atoms with Crippen molar-refractivity contribution in [2.45, 2.75) is 40.0 Å². The Balaban J connectivity index is 2.37. The summed E-state index contributed by atoms with van der Waals surface area (Å²) in [5, 5.41) is 0. The molecule has 0 amide bonds. The molecule has 2 bridgehead atoms. The second-order valence-corrected chi connectivity index (χ2v) is 4.87. The molecular weight excluding hydrogens is 120 g/mol. The zero-order valence-electron chi connectivity index (χ0n) is 7.28. The van der Waals surface area contributed by atoms with Crippen LogP contribution in [0.4, 0.5) is 0 Å². The first-order valence-corrected chi connectivity index (χ1v) is 4.40. The lowest BCUT2D eigenvalue weighted by Gasteiger charge is -2.29. The summed E-state index contributed by atoms with van der Waals surface area (Å²) in [6.45, 7) is 7.33. The largest absolute Gasteiger partial charge is 0.103 e. The van der Waals surface area contributed by atoms with Crippen LogP contribution in [0.2, 0.25) is 0 Å². The Morgan fingerprint density at radius 2 is 2.00 bits per heavy atom. The summed E-state index contributed by atoms with van der Waals surface area (Å²) in [5.74, 6) is 0.928. The highest BCUT2D eigenvalue weighted by atomic mass is 14.6. The number of hydrogen-bond acceptors (Lipinski definition) is 0. The molecule has 0 aromatic carbocycles. The van der Waals surface area contributed by atoms with Crippen molar-refractivity contribution in [1.82, 2.24) is 0 Å². The van der Waals surface area contributed by atoms with Crippen LogP contribution < -0.4 is 0 Å². The molecule has 0 spiro atoms. The summed E-state index contributed by atoms with van der Waals surface area (Å²) < 4.78 is 0. The molecule has 56 valence electrons. The van der Waals surface area contributed by atoms with E-state index < -0.39 is 0 Å². The maximum Gasteiger partial charge on any atom is 0.103 e. The molecule has 2 atom stereocenters. The van der Waals surface area contributed by atoms with Gasteiger partial charge >= 0.3 is 0 Å². The minimum Gasteiger partial charge on any atom is -0.0549 e. The number of hydrogen-bond donors (Lipinski definition) is 0. The van der Waals surface area contributed by atoms with Gasteiger partial charge < -0.3 is 0 Å². The Bertz CT molecular complexity index is 145. The van der Waals surface area contributed by atoms with Crippen molar-refractivity contribution in [3.05, 3.63) is 6.42 Å². The summed E-state index contributed by atoms with van der Waals surface area (Å²) in [6.07, 6.45) is 6.82. The van der Waals surface area contributed by atoms with Crippen molar-refractivity contribution in [3.63, 3.8) is 0 Å². The first-order valence-electron chi connectivity index (χ1n) is 4.40. The fourth-order valence-electron chi connectivity index (χ4n) is 2.78. The molecule has 0 aliphatic heterocycles. The first-order chi connectivity index (χ1) is 4.56. The SMILES string of the molecule is CC12C[CH+]C(CC1)C2(C)C. The summed E-state index contributed by atoms with van der Waals surface area (Å²) in [6, 6.07) is 0. The van der Waals surface area contributed by atoms with Gasteiger partial charge in [-0.15, -0.1) is 0 Å². The third kappa shape index (κ3) is 0.514. The van der Waals surface area contributed by atoms with Gasteiger partial charge in [0.1, 0.15) is 5.92 Å². The van der Waals surface area contributed by atoms with E-state index in [4.69, 9.17) is 0 Å². The highest BCUT2D eigenvalue weighted by Crippen LogP contribution is 2.64. The zero-order chi connectivity index (χ0) is 7.41. The molecule has 2 saturated carbocycles. The third-order valence-corrected chi connectivity index (χ3v) is 4.34. The van der Waals surface area contributed by atoms with Crippen LogP contribution in [0.3, 0.4) is 0 Å². The van der Waals surface area contributed by atoms with Crippen LogP contribution in [-0.4, -0.2) is 0 Å². The van der Waals surface area contributed by atoms with Crippen LogP contribution in [0, 0.1) is 23.2 Å². The molecular formula is C10H17+. The van der Waals surface area contributed by atoms with Crippen molar-refractivity contribution >= 4 is 0 Å². The van der Waals surface area contributed by atoms with E-state index in [9.17, 15) is 0 Å². The van der Waals surface area contributed by atoms with Gasteiger partial charge in [-0.1, -0.05) is 20.8 Å². The fraction of sp³-hybridized carbons (Fsp3) is 0.900. The first kappa shape index (κ1) is 6.57. The lowest BCUT2D eigenvalue weighted by atomic mass is 9.71. The molecule has 0 radical (unpaired) electrons. The van der Waals surface area contributed by atoms with Crippen LogP contribution in [0.25, 0.3) is 0 Å². The smallest absolute Gasteiger partial charge is 0.0549 e. The molecule has 10 heavy (non-hydrogen) atoms. The topological polar surface area (TPSA) is 0 Å². The molecule has 2 fully saturated rings. The molecule has 0 aromatic heterocycles. The summed E-state index contributed by atoms with van der Waals surface area (Å²) >= 11 is 0. The van der Waals surface area contributed by atoms with Gasteiger partial charge in [-0.05, 0) is 12.8 Å². The average molecular weight is 137 g/mol. The van der Waals surface area contributed by atoms with Gasteiger partial charge in [-0.2, -0.15) is 0 Å². The predicted molar refractivity (Wildman–Crippen MR) is 43.5 cm³/mol. The van der Waals surface area contributed by atoms with Crippen molar-refractivity contribution in [1.29, 1.82) is 0 Å². The van der Waals surface area contributed by atoms with E-state index >= 15 is 0 Å². The fourth-order valence-corrected chi connectivity index (χ4v) is 2.78. The molecule has 2 aliphatic rings. The normalized spacial score (nSPS) is 49.3. The van der Waals surface area contributed by atoms with E-state index in [1.807, 2.05) is 0 Å². The van der Waals surface area contributed by atoms with Gasteiger partial charge in [0.15, 0.2) is 0 Å². The van der Waals surface area contributed by atoms with Gasteiger partial charge in [-0.25, -0.2) is 0 Å². The van der Waals surface area contributed by atoms with Gasteiger partial charge in [0.2, 0.25) is 0 Å². The van der Waals surface area contributed by atoms with Gasteiger partial charge in [0, 0.05) is 10.8 Å². The monoisotopic (exact) mass is 137 g/mol. The van der Waals surface area contributed by atoms with Crippen molar-refractivity contribution in [2.24, 2.45) is 16.7 Å². The second kappa shape index (κ2) is 1.54. The van der Waals surface area contributed by atoms with E-state index in [-0.39, 0.29) is 0 Å². The molecule has 2 rings (SSSR count). The maximum absolute atomic E-state index is 2.55. The Kier molecular flexibility index (Phi) is 1.01. The van der Waals surface area contributed by atoms with Gasteiger partial charge in [0.05, 0.1) is 12.8 Å². The van der Waals surface area contributed by atoms with Crippen LogP contribution in [-0.2, 0) is 0 Å². The number of fused-ring (bicyclic) bond motifs is 2. The van der Waals surface area contributed by atoms with E-state index in [2.05, 4.69) is 27.2 Å². The lowest BCUT2D eigenvalue weighted by Crippen LogP contribution is -2.26. The highest BCUT2D eigenvalue weighted by Gasteiger charge is 2.62. The average Bonchev–Trinajstić information content (AvgIpc) is 2.18. The van der Waals surface area contributed by atoms with E-state index in [1.54, 1.807) is 0 Å². The molecule has 2 unspecified atom stereocenters. The molecule has 2 aliphatic carbocycles. The maximum atomic E-state index is 2.55. The van der Waals surface area contributed by atoms with Crippen LogP contribution in [0.1, 0.15) is 40.0 Å². The molecule has 0 nitrogen and oxygen atoms in total. The predicted octanol–water partition coefficient (Wildman–Crippen LogP) is 3.04. The van der Waals surface area contributed by atoms with Crippen molar-refractivity contribution < 1.29 is 0 Å². The molecule has 0 heteroatoms. The molecule has 0 aromatic rings. The summed E-state index contributed by atoms with van der Waals surface area (Å²) in [5.41, 5.74) is 1.25. The summed E-state index contributed by atoms with van der Waals surface area (Å²) in [7, 11) is 0. The Morgan fingerprint density at radius 1 is 1.30 bits per heavy atom. The summed E-state index contributed by atoms with van der Waals surface area (Å²) in [4.78, 5) is 0. The minimum atomic E-state index is 0.604. The second-order valence-electron chi connectivity index (χ2n) is 4.87. The highest BCUT2D eigenvalue weighted by molar-refractivity contribution is 5.12.